The van der Waals surface area contributed by atoms with Crippen molar-refractivity contribution in [3.8, 4) is 0 Å². The summed E-state index contributed by atoms with van der Waals surface area (Å²) in [5.74, 6) is 1.74. The van der Waals surface area contributed by atoms with Crippen LogP contribution in [-0.2, 0) is 24.1 Å². The first-order chi connectivity index (χ1) is 12.0. The van der Waals surface area contributed by atoms with Crippen molar-refractivity contribution in [1.82, 2.24) is 0 Å². The Balaban J connectivity index is 1.62. The average Bonchev–Trinajstić information content (AvgIpc) is 3.16. The molecule has 1 nitrogen and oxygen atoms in total. The molecule has 128 valence electrons. The van der Waals surface area contributed by atoms with Gasteiger partial charge in [0.1, 0.15) is 5.78 Å². The van der Waals surface area contributed by atoms with Gasteiger partial charge in [0.2, 0.25) is 0 Å². The summed E-state index contributed by atoms with van der Waals surface area (Å²) in [6.45, 7) is 4.57. The van der Waals surface area contributed by atoms with E-state index in [1.807, 2.05) is 0 Å². The van der Waals surface area contributed by atoms with Gasteiger partial charge in [-0.1, -0.05) is 55.8 Å². The van der Waals surface area contributed by atoms with Gasteiger partial charge >= 0.3 is 0 Å². The number of carbonyl (C=O) groups is 1. The van der Waals surface area contributed by atoms with E-state index in [2.05, 4.69) is 50.3 Å². The number of benzene rings is 2. The van der Waals surface area contributed by atoms with Crippen molar-refractivity contribution in [3.63, 3.8) is 0 Å². The average molecular weight is 330 g/mol. The van der Waals surface area contributed by atoms with Gasteiger partial charge in [-0.05, 0) is 71.4 Å². The molecule has 1 saturated carbocycles. The maximum atomic E-state index is 13.1. The summed E-state index contributed by atoms with van der Waals surface area (Å²) in [5.41, 5.74) is 5.65. The molecule has 2 bridgehead atoms. The summed E-state index contributed by atoms with van der Waals surface area (Å²) in [7, 11) is 0. The number of rotatable bonds is 2. The lowest BCUT2D eigenvalue weighted by atomic mass is 9.63. The largest absolute Gasteiger partial charge is 0.299 e. The van der Waals surface area contributed by atoms with E-state index in [9.17, 15) is 4.79 Å². The van der Waals surface area contributed by atoms with E-state index in [1.165, 1.54) is 33.9 Å². The highest BCUT2D eigenvalue weighted by molar-refractivity contribution is 5.94. The second-order valence-corrected chi connectivity index (χ2v) is 8.97. The summed E-state index contributed by atoms with van der Waals surface area (Å²) >= 11 is 0. The zero-order chi connectivity index (χ0) is 17.2. The lowest BCUT2D eigenvalue weighted by Crippen LogP contribution is -2.42. The number of Topliss-reactive ketones (excluding diaryl/α,β-unsaturated/α-hetero) is 1. The zero-order valence-corrected chi connectivity index (χ0v) is 15.3. The van der Waals surface area contributed by atoms with Gasteiger partial charge in [-0.25, -0.2) is 0 Å². The molecule has 0 aliphatic heterocycles. The molecule has 0 radical (unpaired) electrons. The van der Waals surface area contributed by atoms with Crippen LogP contribution in [0.2, 0.25) is 0 Å². The van der Waals surface area contributed by atoms with E-state index in [1.54, 1.807) is 5.57 Å². The molecular formula is C24H26O. The van der Waals surface area contributed by atoms with Crippen LogP contribution in [-0.4, -0.2) is 5.78 Å². The van der Waals surface area contributed by atoms with Gasteiger partial charge in [-0.15, -0.1) is 0 Å². The van der Waals surface area contributed by atoms with Crippen molar-refractivity contribution in [2.24, 2.45) is 17.3 Å². The summed E-state index contributed by atoms with van der Waals surface area (Å²) in [5, 5.41) is 2.71. The molecule has 1 fully saturated rings. The van der Waals surface area contributed by atoms with Crippen LogP contribution in [0.5, 0.6) is 0 Å². The predicted octanol–water partition coefficient (Wildman–Crippen LogP) is 5.43. The summed E-state index contributed by atoms with van der Waals surface area (Å²) < 4.78 is 0. The summed E-state index contributed by atoms with van der Waals surface area (Å²) in [6.07, 6.45) is 8.45. The maximum absolute atomic E-state index is 13.1. The minimum Gasteiger partial charge on any atom is -0.299 e. The number of allylic oxidation sites excluding steroid dienone is 2. The van der Waals surface area contributed by atoms with Gasteiger partial charge in [-0.2, -0.15) is 0 Å². The Labute approximate surface area is 150 Å². The first-order valence-corrected chi connectivity index (χ1v) is 9.80. The Morgan fingerprint density at radius 2 is 2.04 bits per heavy atom. The third-order valence-electron chi connectivity index (χ3n) is 6.85. The molecule has 1 spiro atoms. The van der Waals surface area contributed by atoms with Crippen LogP contribution in [0.3, 0.4) is 0 Å². The fourth-order valence-corrected chi connectivity index (χ4v) is 5.66. The van der Waals surface area contributed by atoms with Crippen LogP contribution in [0, 0.1) is 17.3 Å². The Kier molecular flexibility index (Phi) is 3.26. The van der Waals surface area contributed by atoms with Crippen LogP contribution in [0.1, 0.15) is 49.8 Å². The molecule has 0 heterocycles. The molecule has 2 aromatic carbocycles. The normalized spacial score (nSPS) is 27.4. The highest BCUT2D eigenvalue weighted by Crippen LogP contribution is 2.57. The molecule has 0 aromatic heterocycles. The number of ketones is 1. The van der Waals surface area contributed by atoms with Crippen LogP contribution < -0.4 is 0 Å². The fourth-order valence-electron chi connectivity index (χ4n) is 5.66. The molecule has 0 saturated heterocycles. The molecule has 5 rings (SSSR count). The van der Waals surface area contributed by atoms with Crippen molar-refractivity contribution in [2.75, 3.05) is 0 Å². The zero-order valence-electron chi connectivity index (χ0n) is 15.3. The Morgan fingerprint density at radius 1 is 1.16 bits per heavy atom. The van der Waals surface area contributed by atoms with Gasteiger partial charge < -0.3 is 0 Å². The van der Waals surface area contributed by atoms with E-state index < -0.39 is 0 Å². The van der Waals surface area contributed by atoms with Crippen LogP contribution in [0.4, 0.5) is 0 Å². The Hall–Kier alpha value is -1.89. The third-order valence-corrected chi connectivity index (χ3v) is 6.85. The van der Waals surface area contributed by atoms with Gasteiger partial charge in [0, 0.05) is 11.8 Å². The standard InChI is InChI=1S/C24H26O/c1-15(2)8-17-4-3-5-18-10-19-12-23(25)24(14-20(19)11-22(17)18)13-16-6-7-21(24)9-16/h3-6,10-11,15,21H,7-9,12-14H2,1-2H3. The molecule has 1 heteroatoms. The van der Waals surface area contributed by atoms with E-state index in [4.69, 9.17) is 0 Å². The smallest absolute Gasteiger partial charge is 0.144 e. The van der Waals surface area contributed by atoms with Crippen molar-refractivity contribution in [2.45, 2.75) is 52.4 Å². The minimum atomic E-state index is -0.0717. The third kappa shape index (κ3) is 2.25. The minimum absolute atomic E-state index is 0.0717. The van der Waals surface area contributed by atoms with E-state index >= 15 is 0 Å². The predicted molar refractivity (Wildman–Crippen MR) is 103 cm³/mol. The van der Waals surface area contributed by atoms with Gasteiger partial charge in [0.05, 0.1) is 0 Å². The second kappa shape index (κ2) is 5.30. The highest BCUT2D eigenvalue weighted by Gasteiger charge is 2.53. The highest BCUT2D eigenvalue weighted by atomic mass is 16.1. The van der Waals surface area contributed by atoms with Crippen molar-refractivity contribution in [3.05, 3.63) is 58.7 Å². The van der Waals surface area contributed by atoms with Crippen LogP contribution >= 0.6 is 0 Å². The molecule has 0 amide bonds. The molecule has 25 heavy (non-hydrogen) atoms. The van der Waals surface area contributed by atoms with Crippen molar-refractivity contribution >= 4 is 16.6 Å². The monoisotopic (exact) mass is 330 g/mol. The lowest BCUT2D eigenvalue weighted by Gasteiger charge is -2.39. The Morgan fingerprint density at radius 3 is 2.76 bits per heavy atom. The lowest BCUT2D eigenvalue weighted by molar-refractivity contribution is -0.131. The van der Waals surface area contributed by atoms with Gasteiger partial charge in [0.15, 0.2) is 0 Å². The van der Waals surface area contributed by atoms with Crippen molar-refractivity contribution < 1.29 is 4.79 Å². The number of carbonyl (C=O) groups excluding carboxylic acids is 1. The quantitative estimate of drug-likeness (QED) is 0.671. The van der Waals surface area contributed by atoms with E-state index in [0.29, 0.717) is 24.0 Å². The van der Waals surface area contributed by atoms with Crippen LogP contribution in [0.15, 0.2) is 42.0 Å². The van der Waals surface area contributed by atoms with Gasteiger partial charge in [-0.3, -0.25) is 4.79 Å². The maximum Gasteiger partial charge on any atom is 0.144 e. The first kappa shape index (κ1) is 15.4. The first-order valence-electron chi connectivity index (χ1n) is 9.80. The molecular weight excluding hydrogens is 304 g/mol. The molecule has 2 atom stereocenters. The molecule has 0 N–H and O–H groups in total. The second-order valence-electron chi connectivity index (χ2n) is 8.97. The van der Waals surface area contributed by atoms with Gasteiger partial charge in [0.25, 0.3) is 0 Å². The summed E-state index contributed by atoms with van der Waals surface area (Å²) in [6, 6.07) is 11.4. The molecule has 2 unspecified atom stereocenters. The number of fused-ring (bicyclic) bond motifs is 5. The topological polar surface area (TPSA) is 17.1 Å². The Bertz CT molecular complexity index is 917. The molecule has 2 aromatic rings. The summed E-state index contributed by atoms with van der Waals surface area (Å²) in [4.78, 5) is 13.1. The van der Waals surface area contributed by atoms with E-state index in [-0.39, 0.29) is 5.41 Å². The fraction of sp³-hybridized carbons (Fsp3) is 0.458. The SMILES string of the molecule is CC(C)Cc1cccc2cc3c(cc12)CC1(CC2=CCC1C2)C(=O)C3. The number of hydrogen-bond donors (Lipinski definition) is 0. The van der Waals surface area contributed by atoms with E-state index in [0.717, 1.165) is 25.7 Å². The molecule has 3 aliphatic rings. The molecule has 3 aliphatic carbocycles. The van der Waals surface area contributed by atoms with Crippen LogP contribution in [0.25, 0.3) is 10.8 Å². The van der Waals surface area contributed by atoms with Crippen molar-refractivity contribution in [1.29, 1.82) is 0 Å². The number of hydrogen-bond acceptors (Lipinski definition) is 1.